The van der Waals surface area contributed by atoms with Crippen LogP contribution in [0.2, 0.25) is 0 Å². The van der Waals surface area contributed by atoms with Crippen LogP contribution in [0.3, 0.4) is 0 Å². The zero-order valence-corrected chi connectivity index (χ0v) is 11.3. The second-order valence-corrected chi connectivity index (χ2v) is 4.74. The minimum Gasteiger partial charge on any atom is -0.322 e. The Kier molecular flexibility index (Phi) is 3.41. The second-order valence-electron chi connectivity index (χ2n) is 4.74. The Labute approximate surface area is 123 Å². The maximum Gasteiger partial charge on any atom is 0.255 e. The van der Waals surface area contributed by atoms with Crippen molar-refractivity contribution in [1.82, 2.24) is 0 Å². The van der Waals surface area contributed by atoms with Gasteiger partial charge in [-0.25, -0.2) is 0 Å². The highest BCUT2D eigenvalue weighted by molar-refractivity contribution is 6.06. The van der Waals surface area contributed by atoms with E-state index < -0.39 is 0 Å². The third kappa shape index (κ3) is 2.77. The van der Waals surface area contributed by atoms with E-state index in [1.807, 2.05) is 60.7 Å². The summed E-state index contributed by atoms with van der Waals surface area (Å²) in [5.41, 5.74) is 2.06. The minimum atomic E-state index is -0.144. The molecule has 0 bridgehead atoms. The molecule has 0 heterocycles. The Morgan fingerprint density at radius 3 is 2.52 bits per heavy atom. The smallest absolute Gasteiger partial charge is 0.255 e. The molecule has 0 unspecified atom stereocenters. The molecule has 0 spiro atoms. The lowest BCUT2D eigenvalue weighted by Gasteiger charge is -2.07. The van der Waals surface area contributed by atoms with Gasteiger partial charge < -0.3 is 5.32 Å². The molecule has 0 saturated carbocycles. The lowest BCUT2D eigenvalue weighted by molar-refractivity contribution is 0.102. The Balaban J connectivity index is 1.88. The van der Waals surface area contributed by atoms with Crippen LogP contribution >= 0.6 is 0 Å². The van der Waals surface area contributed by atoms with Gasteiger partial charge in [0.2, 0.25) is 0 Å². The normalized spacial score (nSPS) is 10.0. The molecule has 3 aromatic carbocycles. The SMILES string of the molecule is C#Cc1cccc(NC(=O)c2ccc3ccccc3c2)c1. The molecule has 0 aliphatic heterocycles. The monoisotopic (exact) mass is 271 g/mol. The molecule has 1 N–H and O–H groups in total. The molecule has 1 amide bonds. The van der Waals surface area contributed by atoms with Crippen LogP contribution < -0.4 is 5.32 Å². The van der Waals surface area contributed by atoms with Crippen molar-refractivity contribution >= 4 is 22.4 Å². The van der Waals surface area contributed by atoms with E-state index in [9.17, 15) is 4.79 Å². The van der Waals surface area contributed by atoms with Crippen LogP contribution in [-0.4, -0.2) is 5.91 Å². The van der Waals surface area contributed by atoms with E-state index in [4.69, 9.17) is 6.42 Å². The topological polar surface area (TPSA) is 29.1 Å². The standard InChI is InChI=1S/C19H13NO/c1-2-14-6-5-9-18(12-14)20-19(21)17-11-10-15-7-3-4-8-16(15)13-17/h1,3-13H,(H,20,21). The number of anilines is 1. The van der Waals surface area contributed by atoms with Gasteiger partial charge in [-0.15, -0.1) is 6.42 Å². The van der Waals surface area contributed by atoms with Crippen LogP contribution in [0, 0.1) is 12.3 Å². The van der Waals surface area contributed by atoms with E-state index in [0.29, 0.717) is 11.3 Å². The number of carbonyl (C=O) groups is 1. The number of hydrogen-bond donors (Lipinski definition) is 1. The Bertz CT molecular complexity index is 859. The fourth-order valence-corrected chi connectivity index (χ4v) is 2.22. The quantitative estimate of drug-likeness (QED) is 0.699. The van der Waals surface area contributed by atoms with Gasteiger partial charge in [0.25, 0.3) is 5.91 Å². The first kappa shape index (κ1) is 13.0. The predicted molar refractivity (Wildman–Crippen MR) is 86.3 cm³/mol. The summed E-state index contributed by atoms with van der Waals surface area (Å²) in [6.45, 7) is 0. The fourth-order valence-electron chi connectivity index (χ4n) is 2.22. The number of terminal acetylenes is 1. The Morgan fingerprint density at radius 1 is 0.905 bits per heavy atom. The van der Waals surface area contributed by atoms with Crippen LogP contribution in [-0.2, 0) is 0 Å². The van der Waals surface area contributed by atoms with Gasteiger partial charge in [0.15, 0.2) is 0 Å². The average molecular weight is 271 g/mol. The molecule has 100 valence electrons. The number of benzene rings is 3. The summed E-state index contributed by atoms with van der Waals surface area (Å²) < 4.78 is 0. The van der Waals surface area contributed by atoms with E-state index in [2.05, 4.69) is 11.2 Å². The molecule has 0 aliphatic rings. The van der Waals surface area contributed by atoms with E-state index in [1.165, 1.54) is 0 Å². The van der Waals surface area contributed by atoms with E-state index in [0.717, 1.165) is 16.3 Å². The fraction of sp³-hybridized carbons (Fsp3) is 0. The molecule has 0 radical (unpaired) electrons. The summed E-state index contributed by atoms with van der Waals surface area (Å²) in [6.07, 6.45) is 5.36. The van der Waals surface area contributed by atoms with Gasteiger partial charge in [0.05, 0.1) is 0 Å². The van der Waals surface area contributed by atoms with Crippen molar-refractivity contribution in [2.75, 3.05) is 5.32 Å². The summed E-state index contributed by atoms with van der Waals surface area (Å²) in [5, 5.41) is 5.02. The molecule has 2 heteroatoms. The van der Waals surface area contributed by atoms with Crippen molar-refractivity contribution < 1.29 is 4.79 Å². The molecule has 2 nitrogen and oxygen atoms in total. The van der Waals surface area contributed by atoms with Gasteiger partial charge in [0, 0.05) is 16.8 Å². The first-order chi connectivity index (χ1) is 10.3. The molecular weight excluding hydrogens is 258 g/mol. The van der Waals surface area contributed by atoms with Gasteiger partial charge in [-0.3, -0.25) is 4.79 Å². The van der Waals surface area contributed by atoms with Crippen molar-refractivity contribution in [2.24, 2.45) is 0 Å². The molecule has 0 fully saturated rings. The highest BCUT2D eigenvalue weighted by Gasteiger charge is 2.07. The molecule has 21 heavy (non-hydrogen) atoms. The van der Waals surface area contributed by atoms with Gasteiger partial charge in [-0.1, -0.05) is 42.3 Å². The number of carbonyl (C=O) groups excluding carboxylic acids is 1. The van der Waals surface area contributed by atoms with Crippen molar-refractivity contribution in [2.45, 2.75) is 0 Å². The molecule has 0 aromatic heterocycles. The number of fused-ring (bicyclic) bond motifs is 1. The van der Waals surface area contributed by atoms with Crippen molar-refractivity contribution in [3.8, 4) is 12.3 Å². The molecule has 0 atom stereocenters. The number of amides is 1. The van der Waals surface area contributed by atoms with Crippen LogP contribution in [0.25, 0.3) is 10.8 Å². The number of rotatable bonds is 2. The zero-order chi connectivity index (χ0) is 14.7. The van der Waals surface area contributed by atoms with Gasteiger partial charge in [-0.05, 0) is 41.1 Å². The summed E-state index contributed by atoms with van der Waals surface area (Å²) in [6, 6.07) is 20.8. The predicted octanol–water partition coefficient (Wildman–Crippen LogP) is 4.07. The molecule has 3 aromatic rings. The minimum absolute atomic E-state index is 0.144. The highest BCUT2D eigenvalue weighted by atomic mass is 16.1. The summed E-state index contributed by atoms with van der Waals surface area (Å²) in [4.78, 5) is 12.3. The number of nitrogens with one attached hydrogen (secondary N) is 1. The lowest BCUT2D eigenvalue weighted by Crippen LogP contribution is -2.11. The van der Waals surface area contributed by atoms with Gasteiger partial charge in [-0.2, -0.15) is 0 Å². The largest absolute Gasteiger partial charge is 0.322 e. The third-order valence-electron chi connectivity index (χ3n) is 3.30. The first-order valence-electron chi connectivity index (χ1n) is 6.63. The lowest BCUT2D eigenvalue weighted by atomic mass is 10.1. The van der Waals surface area contributed by atoms with Crippen molar-refractivity contribution in [1.29, 1.82) is 0 Å². The van der Waals surface area contributed by atoms with Crippen LogP contribution in [0.5, 0.6) is 0 Å². The van der Waals surface area contributed by atoms with Crippen molar-refractivity contribution in [3.05, 3.63) is 77.9 Å². The molecular formula is C19H13NO. The van der Waals surface area contributed by atoms with Gasteiger partial charge in [0.1, 0.15) is 0 Å². The third-order valence-corrected chi connectivity index (χ3v) is 3.30. The van der Waals surface area contributed by atoms with E-state index >= 15 is 0 Å². The van der Waals surface area contributed by atoms with E-state index in [-0.39, 0.29) is 5.91 Å². The zero-order valence-electron chi connectivity index (χ0n) is 11.3. The molecule has 3 rings (SSSR count). The summed E-state index contributed by atoms with van der Waals surface area (Å²) in [7, 11) is 0. The number of hydrogen-bond acceptors (Lipinski definition) is 1. The van der Waals surface area contributed by atoms with E-state index in [1.54, 1.807) is 6.07 Å². The second kappa shape index (κ2) is 5.52. The van der Waals surface area contributed by atoms with Gasteiger partial charge >= 0.3 is 0 Å². The molecule has 0 saturated heterocycles. The average Bonchev–Trinajstić information content (AvgIpc) is 2.54. The first-order valence-corrected chi connectivity index (χ1v) is 6.63. The van der Waals surface area contributed by atoms with Crippen LogP contribution in [0.4, 0.5) is 5.69 Å². The van der Waals surface area contributed by atoms with Crippen LogP contribution in [0.15, 0.2) is 66.7 Å². The molecule has 0 aliphatic carbocycles. The maximum atomic E-state index is 12.3. The van der Waals surface area contributed by atoms with Crippen molar-refractivity contribution in [3.63, 3.8) is 0 Å². The Morgan fingerprint density at radius 2 is 1.71 bits per heavy atom. The maximum absolute atomic E-state index is 12.3. The summed E-state index contributed by atoms with van der Waals surface area (Å²) in [5.74, 6) is 2.41. The summed E-state index contributed by atoms with van der Waals surface area (Å²) >= 11 is 0. The Hall–Kier alpha value is -3.05. The van der Waals surface area contributed by atoms with Crippen LogP contribution in [0.1, 0.15) is 15.9 Å². The highest BCUT2D eigenvalue weighted by Crippen LogP contribution is 2.17.